The zero-order valence-electron chi connectivity index (χ0n) is 23.0. The summed E-state index contributed by atoms with van der Waals surface area (Å²) in [5.41, 5.74) is 1.78. The van der Waals surface area contributed by atoms with Crippen molar-refractivity contribution in [2.24, 2.45) is 11.8 Å². The topological polar surface area (TPSA) is 117 Å². The van der Waals surface area contributed by atoms with Gasteiger partial charge in [-0.25, -0.2) is 0 Å². The lowest BCUT2D eigenvalue weighted by Gasteiger charge is -2.28. The molecule has 38 heavy (non-hydrogen) atoms. The minimum atomic E-state index is -0.697. The molecule has 1 heterocycles. The van der Waals surface area contributed by atoms with Crippen LogP contribution in [-0.4, -0.2) is 58.2 Å². The monoisotopic (exact) mass is 565 g/mol. The number of thioether (sulfide) groups is 1. The molecule has 2 N–H and O–H groups in total. The van der Waals surface area contributed by atoms with E-state index in [0.717, 1.165) is 12.1 Å². The van der Waals surface area contributed by atoms with Crippen molar-refractivity contribution in [3.05, 3.63) is 41.3 Å². The molecule has 210 valence electrons. The number of carbonyl (C=O) groups is 3. The minimum absolute atomic E-state index is 0. The predicted molar refractivity (Wildman–Crippen MR) is 150 cm³/mol. The van der Waals surface area contributed by atoms with Gasteiger partial charge in [0.25, 0.3) is 11.1 Å². The van der Waals surface area contributed by atoms with Crippen LogP contribution in [0, 0.1) is 11.8 Å². The summed E-state index contributed by atoms with van der Waals surface area (Å²) in [7, 11) is 4.01. The molecule has 1 aromatic heterocycles. The number of amides is 3. The maximum Gasteiger partial charge on any atom is 0.276 e. The van der Waals surface area contributed by atoms with Gasteiger partial charge in [-0.1, -0.05) is 51.6 Å². The van der Waals surface area contributed by atoms with Gasteiger partial charge in [0.2, 0.25) is 17.7 Å². The van der Waals surface area contributed by atoms with Crippen LogP contribution in [0.2, 0.25) is 0 Å². The number of nitrogens with zero attached hydrogens (tertiary/aromatic N) is 3. The van der Waals surface area contributed by atoms with Gasteiger partial charge >= 0.3 is 0 Å². The van der Waals surface area contributed by atoms with E-state index in [9.17, 15) is 14.4 Å². The third-order valence-corrected chi connectivity index (χ3v) is 7.21. The smallest absolute Gasteiger partial charge is 0.276 e. The largest absolute Gasteiger partial charge is 0.415 e. The molecule has 1 atom stereocenters. The lowest BCUT2D eigenvalue weighted by Crippen LogP contribution is -2.43. The Morgan fingerprint density at radius 2 is 1.66 bits per heavy atom. The fraction of sp³-hybridized carbons (Fsp3) is 0.593. The first kappa shape index (κ1) is 31.8. The van der Waals surface area contributed by atoms with Gasteiger partial charge in [-0.3, -0.25) is 19.7 Å². The first-order valence-electron chi connectivity index (χ1n) is 12.9. The van der Waals surface area contributed by atoms with Gasteiger partial charge < -0.3 is 14.6 Å². The summed E-state index contributed by atoms with van der Waals surface area (Å²) in [6.07, 6.45) is 2.58. The Kier molecular flexibility index (Phi) is 12.3. The van der Waals surface area contributed by atoms with Gasteiger partial charge in [0, 0.05) is 29.3 Å². The van der Waals surface area contributed by atoms with E-state index in [1.54, 1.807) is 0 Å². The molecule has 0 aliphatic heterocycles. The highest BCUT2D eigenvalue weighted by Gasteiger charge is 2.34. The van der Waals surface area contributed by atoms with Crippen molar-refractivity contribution in [3.63, 3.8) is 0 Å². The third kappa shape index (κ3) is 9.10. The number of aromatic nitrogens is 2. The van der Waals surface area contributed by atoms with Crippen LogP contribution in [0.3, 0.4) is 0 Å². The molecule has 9 nitrogen and oxygen atoms in total. The van der Waals surface area contributed by atoms with Crippen LogP contribution in [0.1, 0.15) is 81.1 Å². The molecular weight excluding hydrogens is 526 g/mol. The van der Waals surface area contributed by atoms with Crippen LogP contribution in [0.15, 0.2) is 33.9 Å². The average molecular weight is 566 g/mol. The Morgan fingerprint density at radius 3 is 2.21 bits per heavy atom. The maximum atomic E-state index is 13.0. The Labute approximate surface area is 235 Å². The second kappa shape index (κ2) is 14.6. The van der Waals surface area contributed by atoms with E-state index in [1.165, 1.54) is 11.8 Å². The molecule has 1 saturated carbocycles. The summed E-state index contributed by atoms with van der Waals surface area (Å²) < 4.78 is 5.70. The van der Waals surface area contributed by atoms with Crippen molar-refractivity contribution in [1.82, 2.24) is 25.7 Å². The molecule has 0 saturated heterocycles. The fourth-order valence-electron chi connectivity index (χ4n) is 4.49. The molecule has 1 fully saturated rings. The zero-order chi connectivity index (χ0) is 27.1. The van der Waals surface area contributed by atoms with Crippen molar-refractivity contribution in [1.29, 1.82) is 0 Å². The molecule has 3 amide bonds. The molecule has 0 bridgehead atoms. The molecule has 1 aliphatic rings. The average Bonchev–Trinajstić information content (AvgIpc) is 3.26. The Morgan fingerprint density at radius 1 is 1.03 bits per heavy atom. The second-order valence-electron chi connectivity index (χ2n) is 10.6. The summed E-state index contributed by atoms with van der Waals surface area (Å²) in [6, 6.07) is 7.63. The number of hydrogen-bond acceptors (Lipinski definition) is 8. The number of benzene rings is 1. The lowest BCUT2D eigenvalue weighted by molar-refractivity contribution is -0.134. The van der Waals surface area contributed by atoms with Crippen LogP contribution in [-0.2, 0) is 16.1 Å². The van der Waals surface area contributed by atoms with Gasteiger partial charge in [0.1, 0.15) is 5.92 Å². The van der Waals surface area contributed by atoms with Crippen LogP contribution in [0.4, 0.5) is 0 Å². The molecule has 0 radical (unpaired) electrons. The summed E-state index contributed by atoms with van der Waals surface area (Å²) in [5.74, 6) is -1.67. The van der Waals surface area contributed by atoms with Crippen LogP contribution >= 0.6 is 24.2 Å². The molecule has 2 aromatic rings. The minimum Gasteiger partial charge on any atom is -0.415 e. The normalized spacial score (nSPS) is 18.2. The van der Waals surface area contributed by atoms with E-state index in [2.05, 4.69) is 25.7 Å². The molecule has 1 aliphatic carbocycles. The van der Waals surface area contributed by atoms with E-state index in [4.69, 9.17) is 4.42 Å². The van der Waals surface area contributed by atoms with Gasteiger partial charge in [-0.15, -0.1) is 22.6 Å². The molecule has 1 aromatic carbocycles. The number of nitrogens with one attached hydrogen (secondary N) is 2. The summed E-state index contributed by atoms with van der Waals surface area (Å²) in [5, 5.41) is 14.4. The second-order valence-corrected chi connectivity index (χ2v) is 12.1. The molecule has 11 heteroatoms. The first-order chi connectivity index (χ1) is 17.5. The Balaban J connectivity index is 0.00000507. The van der Waals surface area contributed by atoms with Crippen LogP contribution in [0.5, 0.6) is 0 Å². The summed E-state index contributed by atoms with van der Waals surface area (Å²) >= 11 is 1.43. The lowest BCUT2D eigenvalue weighted by atomic mass is 9.85. The molecule has 0 unspecified atom stereocenters. The molecular formula is C27H40ClN5O4S. The van der Waals surface area contributed by atoms with E-state index in [1.807, 2.05) is 66.1 Å². The Hall–Kier alpha value is -2.43. The number of hydrogen-bond donors (Lipinski definition) is 2. The predicted octanol–water partition coefficient (Wildman–Crippen LogP) is 4.42. The van der Waals surface area contributed by atoms with Crippen LogP contribution in [0.25, 0.3) is 0 Å². The fourth-order valence-corrected chi connectivity index (χ4v) is 5.12. The van der Waals surface area contributed by atoms with Crippen molar-refractivity contribution in [2.75, 3.05) is 14.1 Å². The number of halogens is 1. The van der Waals surface area contributed by atoms with Gasteiger partial charge in [0.15, 0.2) is 0 Å². The number of imide groups is 1. The highest BCUT2D eigenvalue weighted by Crippen LogP contribution is 2.29. The van der Waals surface area contributed by atoms with E-state index in [-0.39, 0.29) is 53.2 Å². The first-order valence-corrected chi connectivity index (χ1v) is 13.8. The highest BCUT2D eigenvalue weighted by atomic mass is 35.5. The van der Waals surface area contributed by atoms with Crippen molar-refractivity contribution >= 4 is 41.9 Å². The molecule has 0 spiro atoms. The van der Waals surface area contributed by atoms with Crippen molar-refractivity contribution < 1.29 is 18.8 Å². The van der Waals surface area contributed by atoms with E-state index in [0.29, 0.717) is 36.5 Å². The van der Waals surface area contributed by atoms with Crippen molar-refractivity contribution in [3.8, 4) is 0 Å². The van der Waals surface area contributed by atoms with Gasteiger partial charge in [-0.2, -0.15) is 0 Å². The van der Waals surface area contributed by atoms with E-state index < -0.39 is 11.8 Å². The standard InChI is InChI=1S/C27H39N5O4S.ClH/c1-16(2)22(26-30-31-27(36-26)37-17(3)4)25(35)29-24(34)20-11-13-21(14-12-20)28-23(33)19-9-7-18(8-10-19)15-32(5)6;/h7-10,16-17,20-22H,11-15H2,1-6H3,(H,28,33)(H,29,34,35);1H/t20?,21?,22-;/m1./s1. The van der Waals surface area contributed by atoms with Crippen LogP contribution < -0.4 is 10.6 Å². The van der Waals surface area contributed by atoms with E-state index >= 15 is 0 Å². The highest BCUT2D eigenvalue weighted by molar-refractivity contribution is 7.99. The third-order valence-electron chi connectivity index (χ3n) is 6.37. The molecule has 3 rings (SSSR count). The number of carbonyl (C=O) groups excluding carboxylic acids is 3. The van der Waals surface area contributed by atoms with Crippen molar-refractivity contribution in [2.45, 2.75) is 82.4 Å². The van der Waals surface area contributed by atoms with Gasteiger partial charge in [-0.05, 0) is 63.4 Å². The summed E-state index contributed by atoms with van der Waals surface area (Å²) in [6.45, 7) is 8.63. The maximum absolute atomic E-state index is 13.0. The zero-order valence-corrected chi connectivity index (χ0v) is 24.7. The number of rotatable bonds is 10. The Bertz CT molecular complexity index is 1070. The summed E-state index contributed by atoms with van der Waals surface area (Å²) in [4.78, 5) is 40.6. The van der Waals surface area contributed by atoms with Gasteiger partial charge in [0.05, 0.1) is 0 Å². The SMILES string of the molecule is CC(C)Sc1nnc([C@@H](C(=O)NC(=O)C2CCC(NC(=O)c3ccc(CN(C)C)cc3)CC2)C(C)C)o1.Cl. The quantitative estimate of drug-likeness (QED) is 0.406.